The van der Waals surface area contributed by atoms with Crippen LogP contribution >= 0.6 is 0 Å². The van der Waals surface area contributed by atoms with E-state index >= 15 is 0 Å². The number of carbonyl (C=O) groups is 2. The Kier molecular flexibility index (Phi) is 7.35. The van der Waals surface area contributed by atoms with Crippen molar-refractivity contribution < 1.29 is 24.5 Å². The van der Waals surface area contributed by atoms with Crippen LogP contribution in [0, 0.1) is 5.41 Å². The highest BCUT2D eigenvalue weighted by Crippen LogP contribution is 2.23. The number of ether oxygens (including phenoxy) is 1. The van der Waals surface area contributed by atoms with E-state index in [1.807, 2.05) is 6.92 Å². The zero-order valence-corrected chi connectivity index (χ0v) is 11.2. The molecule has 2 atom stereocenters. The number of carboxylic acids is 1. The van der Waals surface area contributed by atoms with Crippen LogP contribution in [0.3, 0.4) is 0 Å². The van der Waals surface area contributed by atoms with E-state index in [1.165, 1.54) is 6.92 Å². The second-order valence-corrected chi connectivity index (χ2v) is 4.48. The van der Waals surface area contributed by atoms with Crippen molar-refractivity contribution in [1.29, 1.82) is 0 Å². The normalized spacial score (nSPS) is 15.6. The molecule has 0 aliphatic carbocycles. The van der Waals surface area contributed by atoms with Crippen molar-refractivity contribution in [2.24, 2.45) is 5.41 Å². The third kappa shape index (κ3) is 4.52. The van der Waals surface area contributed by atoms with Crippen LogP contribution in [0.4, 0.5) is 4.79 Å². The first kappa shape index (κ1) is 16.7. The van der Waals surface area contributed by atoms with Gasteiger partial charge in [0.15, 0.2) is 0 Å². The summed E-state index contributed by atoms with van der Waals surface area (Å²) in [6.45, 7) is 4.88. The molecule has 0 aromatic rings. The molecular weight excluding hydrogens is 238 g/mol. The standard InChI is InChI=1S/C12H23NO5/c1-4-6-7-18-11(17)13-9(5-2)12(3,8-14)10(15)16/h9,14H,4-8H2,1-3H3,(H,13,17)(H,15,16). The molecule has 0 aromatic carbocycles. The zero-order chi connectivity index (χ0) is 14.2. The number of unbranched alkanes of at least 4 members (excludes halogenated alkanes) is 1. The van der Waals surface area contributed by atoms with E-state index in [0.717, 1.165) is 12.8 Å². The fraction of sp³-hybridized carbons (Fsp3) is 0.833. The number of nitrogens with one attached hydrogen (secondary N) is 1. The molecule has 106 valence electrons. The van der Waals surface area contributed by atoms with Gasteiger partial charge in [-0.05, 0) is 19.8 Å². The van der Waals surface area contributed by atoms with Crippen molar-refractivity contribution in [3.63, 3.8) is 0 Å². The van der Waals surface area contributed by atoms with Gasteiger partial charge in [0.2, 0.25) is 0 Å². The summed E-state index contributed by atoms with van der Waals surface area (Å²) in [5, 5.41) is 20.8. The maximum absolute atomic E-state index is 11.5. The summed E-state index contributed by atoms with van der Waals surface area (Å²) in [5.74, 6) is -1.15. The monoisotopic (exact) mass is 261 g/mol. The lowest BCUT2D eigenvalue weighted by atomic mass is 9.81. The SMILES string of the molecule is CCCCOC(=O)NC(CC)C(C)(CO)C(=O)O. The van der Waals surface area contributed by atoms with Gasteiger partial charge in [0.1, 0.15) is 5.41 Å². The Morgan fingerprint density at radius 3 is 2.39 bits per heavy atom. The Hall–Kier alpha value is -1.30. The third-order valence-electron chi connectivity index (χ3n) is 3.02. The van der Waals surface area contributed by atoms with Gasteiger partial charge in [0, 0.05) is 0 Å². The number of carboxylic acid groups (broad SMARTS) is 1. The maximum Gasteiger partial charge on any atom is 0.407 e. The molecule has 0 spiro atoms. The van der Waals surface area contributed by atoms with Crippen molar-refractivity contribution >= 4 is 12.1 Å². The summed E-state index contributed by atoms with van der Waals surface area (Å²) in [6.07, 6.45) is 1.43. The molecule has 0 aliphatic heterocycles. The maximum atomic E-state index is 11.5. The lowest BCUT2D eigenvalue weighted by Crippen LogP contribution is -2.52. The average molecular weight is 261 g/mol. The van der Waals surface area contributed by atoms with Crippen molar-refractivity contribution in [3.8, 4) is 0 Å². The predicted octanol–water partition coefficient (Wildman–Crippen LogP) is 1.37. The first-order valence-corrected chi connectivity index (χ1v) is 6.19. The third-order valence-corrected chi connectivity index (χ3v) is 3.02. The molecular formula is C12H23NO5. The molecule has 0 heterocycles. The largest absolute Gasteiger partial charge is 0.481 e. The smallest absolute Gasteiger partial charge is 0.407 e. The Balaban J connectivity index is 4.50. The molecule has 1 amide bonds. The molecule has 6 heteroatoms. The highest BCUT2D eigenvalue weighted by molar-refractivity contribution is 5.77. The summed E-state index contributed by atoms with van der Waals surface area (Å²) in [6, 6.07) is -0.672. The van der Waals surface area contributed by atoms with E-state index in [-0.39, 0.29) is 0 Å². The van der Waals surface area contributed by atoms with Crippen LogP contribution in [0.2, 0.25) is 0 Å². The highest BCUT2D eigenvalue weighted by Gasteiger charge is 2.41. The van der Waals surface area contributed by atoms with Gasteiger partial charge >= 0.3 is 12.1 Å². The average Bonchev–Trinajstić information content (AvgIpc) is 2.35. The molecule has 18 heavy (non-hydrogen) atoms. The second kappa shape index (κ2) is 7.92. The molecule has 0 radical (unpaired) electrons. The van der Waals surface area contributed by atoms with Crippen molar-refractivity contribution in [2.75, 3.05) is 13.2 Å². The number of aliphatic carboxylic acids is 1. The van der Waals surface area contributed by atoms with Crippen molar-refractivity contribution in [1.82, 2.24) is 5.32 Å². The van der Waals surface area contributed by atoms with E-state index in [1.54, 1.807) is 6.92 Å². The fourth-order valence-electron chi connectivity index (χ4n) is 1.53. The van der Waals surface area contributed by atoms with Gasteiger partial charge in [0.25, 0.3) is 0 Å². The van der Waals surface area contributed by atoms with E-state index < -0.39 is 30.1 Å². The molecule has 3 N–H and O–H groups in total. The molecule has 0 aromatic heterocycles. The van der Waals surface area contributed by atoms with E-state index in [9.17, 15) is 14.7 Å². The Labute approximate surface area is 107 Å². The summed E-state index contributed by atoms with van der Waals surface area (Å²) >= 11 is 0. The van der Waals surface area contributed by atoms with Gasteiger partial charge in [0.05, 0.1) is 19.3 Å². The first-order valence-electron chi connectivity index (χ1n) is 6.19. The zero-order valence-electron chi connectivity index (χ0n) is 11.2. The molecule has 0 rings (SSSR count). The van der Waals surface area contributed by atoms with E-state index in [4.69, 9.17) is 9.84 Å². The van der Waals surface area contributed by atoms with Crippen molar-refractivity contribution in [2.45, 2.75) is 46.1 Å². The lowest BCUT2D eigenvalue weighted by molar-refractivity contribution is -0.152. The van der Waals surface area contributed by atoms with Gasteiger partial charge in [-0.25, -0.2) is 4.79 Å². The molecule has 2 unspecified atom stereocenters. The first-order chi connectivity index (χ1) is 8.42. The number of aliphatic hydroxyl groups is 1. The number of alkyl carbamates (subject to hydrolysis) is 1. The number of amides is 1. The van der Waals surface area contributed by atoms with Gasteiger partial charge < -0.3 is 20.3 Å². The van der Waals surface area contributed by atoms with Gasteiger partial charge in [-0.3, -0.25) is 4.79 Å². The number of aliphatic hydroxyl groups excluding tert-OH is 1. The Morgan fingerprint density at radius 2 is 2.00 bits per heavy atom. The van der Waals surface area contributed by atoms with Crippen LogP contribution in [0.5, 0.6) is 0 Å². The molecule has 0 fully saturated rings. The van der Waals surface area contributed by atoms with Gasteiger partial charge in [-0.1, -0.05) is 20.3 Å². The molecule has 6 nitrogen and oxygen atoms in total. The van der Waals surface area contributed by atoms with Gasteiger partial charge in [-0.2, -0.15) is 0 Å². The minimum absolute atomic E-state index is 0.307. The highest BCUT2D eigenvalue weighted by atomic mass is 16.5. The van der Waals surface area contributed by atoms with Crippen molar-refractivity contribution in [3.05, 3.63) is 0 Å². The summed E-state index contributed by atoms with van der Waals surface area (Å²) in [4.78, 5) is 22.6. The van der Waals surface area contributed by atoms with Crippen LogP contribution in [-0.2, 0) is 9.53 Å². The lowest BCUT2D eigenvalue weighted by Gasteiger charge is -2.31. The van der Waals surface area contributed by atoms with Crippen LogP contribution < -0.4 is 5.32 Å². The predicted molar refractivity (Wildman–Crippen MR) is 66.3 cm³/mol. The summed E-state index contributed by atoms with van der Waals surface area (Å²) in [7, 11) is 0. The van der Waals surface area contributed by atoms with Crippen LogP contribution in [0.25, 0.3) is 0 Å². The Morgan fingerprint density at radius 1 is 1.39 bits per heavy atom. The minimum Gasteiger partial charge on any atom is -0.481 e. The molecule has 0 bridgehead atoms. The molecule has 0 aliphatic rings. The number of hydrogen-bond donors (Lipinski definition) is 3. The molecule has 0 saturated heterocycles. The molecule has 0 saturated carbocycles. The number of carbonyl (C=O) groups excluding carboxylic acids is 1. The van der Waals surface area contributed by atoms with Crippen LogP contribution in [-0.4, -0.2) is 41.5 Å². The number of rotatable bonds is 8. The number of hydrogen-bond acceptors (Lipinski definition) is 4. The summed E-state index contributed by atoms with van der Waals surface area (Å²) in [5.41, 5.74) is -1.40. The fourth-order valence-corrected chi connectivity index (χ4v) is 1.53. The van der Waals surface area contributed by atoms with E-state index in [0.29, 0.717) is 13.0 Å². The Bertz CT molecular complexity index is 282. The van der Waals surface area contributed by atoms with E-state index in [2.05, 4.69) is 5.32 Å². The van der Waals surface area contributed by atoms with Crippen LogP contribution in [0.1, 0.15) is 40.0 Å². The summed E-state index contributed by atoms with van der Waals surface area (Å²) < 4.78 is 4.91. The second-order valence-electron chi connectivity index (χ2n) is 4.48. The quantitative estimate of drug-likeness (QED) is 0.573. The minimum atomic E-state index is -1.40. The van der Waals surface area contributed by atoms with Gasteiger partial charge in [-0.15, -0.1) is 0 Å². The van der Waals surface area contributed by atoms with Crippen LogP contribution in [0.15, 0.2) is 0 Å². The topological polar surface area (TPSA) is 95.9 Å².